The van der Waals surface area contributed by atoms with Gasteiger partial charge in [0, 0.05) is 6.92 Å². The maximum absolute atomic E-state index is 11.2. The van der Waals surface area contributed by atoms with Crippen LogP contribution in [0.3, 0.4) is 0 Å². The van der Waals surface area contributed by atoms with Crippen LogP contribution < -0.4 is 5.32 Å². The van der Waals surface area contributed by atoms with Gasteiger partial charge in [0.25, 0.3) is 0 Å². The highest BCUT2D eigenvalue weighted by Gasteiger charge is 2.20. The van der Waals surface area contributed by atoms with Crippen molar-refractivity contribution in [2.24, 2.45) is 0 Å². The Labute approximate surface area is 87.8 Å². The first-order valence-corrected chi connectivity index (χ1v) is 5.04. The lowest BCUT2D eigenvalue weighted by molar-refractivity contribution is -0.119. The van der Waals surface area contributed by atoms with E-state index in [0.29, 0.717) is 5.57 Å². The zero-order chi connectivity index (χ0) is 11.3. The van der Waals surface area contributed by atoms with Crippen LogP contribution in [-0.2, 0) is 9.59 Å². The largest absolute Gasteiger partial charge is 0.390 e. The first-order valence-electron chi connectivity index (χ1n) is 4.16. The molecule has 0 saturated carbocycles. The van der Waals surface area contributed by atoms with Gasteiger partial charge in [-0.2, -0.15) is 0 Å². The van der Waals surface area contributed by atoms with Crippen LogP contribution in [0.1, 0.15) is 20.8 Å². The van der Waals surface area contributed by atoms with Crippen LogP contribution in [-0.4, -0.2) is 27.6 Å². The van der Waals surface area contributed by atoms with Crippen LogP contribution in [0.2, 0.25) is 0 Å². The molecule has 14 heavy (non-hydrogen) atoms. The minimum Gasteiger partial charge on any atom is -0.390 e. The van der Waals surface area contributed by atoms with E-state index in [1.54, 1.807) is 6.92 Å². The minimum absolute atomic E-state index is 0.232. The number of nitrogens with one attached hydrogen (secondary N) is 1. The number of hydrogen-bond donors (Lipinski definition) is 2. The summed E-state index contributed by atoms with van der Waals surface area (Å²) in [6, 6.07) is 0. The summed E-state index contributed by atoms with van der Waals surface area (Å²) in [4.78, 5) is 22.0. The molecule has 0 bridgehead atoms. The smallest absolute Gasteiger partial charge is 0.217 e. The summed E-state index contributed by atoms with van der Waals surface area (Å²) in [5.41, 5.74) is 0.394. The topological polar surface area (TPSA) is 66.4 Å². The second-order valence-electron chi connectivity index (χ2n) is 3.05. The van der Waals surface area contributed by atoms with E-state index in [1.165, 1.54) is 13.8 Å². The summed E-state index contributed by atoms with van der Waals surface area (Å²) in [7, 11) is 0. The molecule has 80 valence electrons. The fourth-order valence-corrected chi connectivity index (χ4v) is 1.52. The lowest BCUT2D eigenvalue weighted by Gasteiger charge is -2.18. The second kappa shape index (κ2) is 5.82. The fourth-order valence-electron chi connectivity index (χ4n) is 0.665. The summed E-state index contributed by atoms with van der Waals surface area (Å²) in [6.07, 6.45) is -0.785. The molecule has 2 N–H and O–H groups in total. The molecule has 0 aromatic carbocycles. The number of rotatable bonds is 4. The third kappa shape index (κ3) is 5.04. The number of carbonyl (C=O) groups excluding carboxylic acids is 2. The zero-order valence-corrected chi connectivity index (χ0v) is 9.35. The highest BCUT2D eigenvalue weighted by atomic mass is 32.2. The molecule has 5 heteroatoms. The van der Waals surface area contributed by atoms with Crippen LogP contribution in [0.5, 0.6) is 0 Å². The van der Waals surface area contributed by atoms with Gasteiger partial charge in [-0.05, 0) is 19.4 Å². The van der Waals surface area contributed by atoms with Crippen molar-refractivity contribution in [1.29, 1.82) is 0 Å². The van der Waals surface area contributed by atoms with Crippen LogP contribution in [0, 0.1) is 0 Å². The Morgan fingerprint density at radius 2 is 1.93 bits per heavy atom. The predicted octanol–water partition coefficient (Wildman–Crippen LogP) is 0.665. The number of thioether (sulfide) groups is 1. The number of aliphatic hydroxyl groups excluding tert-OH is 1. The fraction of sp³-hybridized carbons (Fsp3) is 0.556. The van der Waals surface area contributed by atoms with Crippen LogP contribution in [0.4, 0.5) is 0 Å². The van der Waals surface area contributed by atoms with E-state index in [0.717, 1.165) is 11.8 Å². The van der Waals surface area contributed by atoms with Gasteiger partial charge in [-0.1, -0.05) is 18.3 Å². The third-order valence-corrected chi connectivity index (χ3v) is 2.69. The van der Waals surface area contributed by atoms with Crippen molar-refractivity contribution in [2.45, 2.75) is 32.2 Å². The van der Waals surface area contributed by atoms with Gasteiger partial charge in [0.05, 0.1) is 6.10 Å². The van der Waals surface area contributed by atoms with Crippen LogP contribution >= 0.6 is 11.8 Å². The van der Waals surface area contributed by atoms with E-state index in [4.69, 9.17) is 0 Å². The average molecular weight is 217 g/mol. The van der Waals surface area contributed by atoms with Gasteiger partial charge in [0.1, 0.15) is 5.37 Å². The van der Waals surface area contributed by atoms with Crippen molar-refractivity contribution >= 4 is 22.8 Å². The Hall–Kier alpha value is -0.810. The number of aliphatic hydroxyl groups is 1. The number of carbonyl (C=O) groups is 2. The maximum atomic E-state index is 11.2. The van der Waals surface area contributed by atoms with Gasteiger partial charge in [0.15, 0.2) is 0 Å². The van der Waals surface area contributed by atoms with Crippen molar-refractivity contribution in [3.8, 4) is 0 Å². The molecule has 2 atom stereocenters. The van der Waals surface area contributed by atoms with E-state index in [1.807, 2.05) is 0 Å². The van der Waals surface area contributed by atoms with E-state index < -0.39 is 11.5 Å². The lowest BCUT2D eigenvalue weighted by Crippen LogP contribution is -2.39. The van der Waals surface area contributed by atoms with Crippen molar-refractivity contribution in [1.82, 2.24) is 5.32 Å². The molecule has 0 aromatic heterocycles. The Kier molecular flexibility index (Phi) is 5.49. The Morgan fingerprint density at radius 3 is 2.21 bits per heavy atom. The molecule has 0 aliphatic carbocycles. The summed E-state index contributed by atoms with van der Waals surface area (Å²) in [6.45, 7) is 7.92. The SMILES string of the molecule is C=C(C)C(=O)SC(NC(C)=O)C(C)O. The van der Waals surface area contributed by atoms with Gasteiger partial charge in [0.2, 0.25) is 11.0 Å². The number of amides is 1. The molecule has 0 spiro atoms. The molecule has 0 aliphatic rings. The number of hydrogen-bond acceptors (Lipinski definition) is 4. The maximum Gasteiger partial charge on any atom is 0.217 e. The predicted molar refractivity (Wildman–Crippen MR) is 56.7 cm³/mol. The molecule has 0 fully saturated rings. The van der Waals surface area contributed by atoms with E-state index in [-0.39, 0.29) is 11.0 Å². The molecule has 4 nitrogen and oxygen atoms in total. The molecule has 0 saturated heterocycles. The molecule has 0 aliphatic heterocycles. The van der Waals surface area contributed by atoms with Crippen molar-refractivity contribution in [3.63, 3.8) is 0 Å². The first-order chi connectivity index (χ1) is 6.34. The summed E-state index contributed by atoms with van der Waals surface area (Å²) < 4.78 is 0. The van der Waals surface area contributed by atoms with Gasteiger partial charge >= 0.3 is 0 Å². The van der Waals surface area contributed by atoms with Crippen LogP contribution in [0.25, 0.3) is 0 Å². The molecule has 0 radical (unpaired) electrons. The zero-order valence-electron chi connectivity index (χ0n) is 8.53. The molecule has 0 rings (SSSR count). The Balaban J connectivity index is 4.30. The molecule has 2 unspecified atom stereocenters. The van der Waals surface area contributed by atoms with E-state index in [9.17, 15) is 14.7 Å². The Morgan fingerprint density at radius 1 is 1.43 bits per heavy atom. The summed E-state index contributed by atoms with van der Waals surface area (Å²) >= 11 is 0.869. The normalized spacial score (nSPS) is 14.3. The first kappa shape index (κ1) is 13.2. The summed E-state index contributed by atoms with van der Waals surface area (Å²) in [5, 5.41) is 10.9. The standard InChI is InChI=1S/C9H15NO3S/c1-5(2)9(13)14-8(6(3)11)10-7(4)12/h6,8,11H,1H2,2-4H3,(H,10,12). The highest BCUT2D eigenvalue weighted by molar-refractivity contribution is 8.14. The molecule has 0 heterocycles. The monoisotopic (exact) mass is 217 g/mol. The van der Waals surface area contributed by atoms with E-state index in [2.05, 4.69) is 11.9 Å². The minimum atomic E-state index is -0.785. The van der Waals surface area contributed by atoms with E-state index >= 15 is 0 Å². The van der Waals surface area contributed by atoms with Crippen molar-refractivity contribution in [2.75, 3.05) is 0 Å². The molecular formula is C9H15NO3S. The van der Waals surface area contributed by atoms with Gasteiger partial charge in [-0.15, -0.1) is 0 Å². The second-order valence-corrected chi connectivity index (χ2v) is 4.16. The van der Waals surface area contributed by atoms with Gasteiger partial charge in [-0.3, -0.25) is 9.59 Å². The molecule has 0 aromatic rings. The van der Waals surface area contributed by atoms with Crippen LogP contribution in [0.15, 0.2) is 12.2 Å². The molecule has 1 amide bonds. The Bertz CT molecular complexity index is 250. The third-order valence-electron chi connectivity index (χ3n) is 1.37. The lowest BCUT2D eigenvalue weighted by atomic mass is 10.4. The van der Waals surface area contributed by atoms with Gasteiger partial charge < -0.3 is 10.4 Å². The molecular weight excluding hydrogens is 202 g/mol. The van der Waals surface area contributed by atoms with Crippen molar-refractivity contribution in [3.05, 3.63) is 12.2 Å². The van der Waals surface area contributed by atoms with Gasteiger partial charge in [-0.25, -0.2) is 0 Å². The quantitative estimate of drug-likeness (QED) is 0.536. The average Bonchev–Trinajstić information content (AvgIpc) is 2.01. The van der Waals surface area contributed by atoms with Crippen molar-refractivity contribution < 1.29 is 14.7 Å². The summed E-state index contributed by atoms with van der Waals surface area (Å²) in [5.74, 6) is -0.280. The highest BCUT2D eigenvalue weighted by Crippen LogP contribution is 2.16.